The van der Waals surface area contributed by atoms with E-state index in [1.807, 2.05) is 39.0 Å². The Morgan fingerprint density at radius 1 is 1.35 bits per heavy atom. The van der Waals surface area contributed by atoms with Gasteiger partial charge in [-0.15, -0.1) is 0 Å². The highest BCUT2D eigenvalue weighted by atomic mass is 16.5. The first kappa shape index (κ1) is 14.1. The van der Waals surface area contributed by atoms with Crippen molar-refractivity contribution >= 4 is 5.97 Å². The molecule has 20 heavy (non-hydrogen) atoms. The van der Waals surface area contributed by atoms with Crippen molar-refractivity contribution in [3.63, 3.8) is 0 Å². The first-order chi connectivity index (χ1) is 9.36. The second-order valence-electron chi connectivity index (χ2n) is 5.30. The number of aromatic nitrogens is 2. The average molecular weight is 274 g/mol. The molecule has 0 atom stereocenters. The number of nitrogens with zero attached hydrogens (tertiary/aromatic N) is 1. The molecular formula is C15H18N2O3. The van der Waals surface area contributed by atoms with E-state index in [1.165, 1.54) is 0 Å². The number of hydrogen-bond donors (Lipinski definition) is 2. The van der Waals surface area contributed by atoms with Crippen LogP contribution in [-0.2, 0) is 5.41 Å². The normalized spacial score (nSPS) is 11.4. The number of carboxylic acids is 1. The minimum Gasteiger partial charge on any atom is -0.496 e. The SMILES string of the molecule is COc1ccc(C)cc1C(C)(C)c1cc(C(=O)O)n[nH]1. The van der Waals surface area contributed by atoms with E-state index in [1.54, 1.807) is 13.2 Å². The van der Waals surface area contributed by atoms with E-state index in [2.05, 4.69) is 10.2 Å². The number of carbonyl (C=O) groups is 1. The van der Waals surface area contributed by atoms with Crippen LogP contribution in [0.1, 0.15) is 41.2 Å². The second kappa shape index (κ2) is 5.00. The highest BCUT2D eigenvalue weighted by molar-refractivity contribution is 5.85. The Kier molecular flexibility index (Phi) is 3.53. The molecule has 106 valence electrons. The Labute approximate surface area is 117 Å². The van der Waals surface area contributed by atoms with Gasteiger partial charge in [-0.05, 0) is 19.1 Å². The summed E-state index contributed by atoms with van der Waals surface area (Å²) in [6.07, 6.45) is 0. The van der Waals surface area contributed by atoms with E-state index in [-0.39, 0.29) is 5.69 Å². The zero-order chi connectivity index (χ0) is 14.9. The average Bonchev–Trinajstić information content (AvgIpc) is 2.89. The molecule has 2 rings (SSSR count). The monoisotopic (exact) mass is 274 g/mol. The molecule has 5 heteroatoms. The van der Waals surface area contributed by atoms with Crippen molar-refractivity contribution in [1.82, 2.24) is 10.2 Å². The lowest BCUT2D eigenvalue weighted by Gasteiger charge is -2.26. The minimum atomic E-state index is -1.04. The molecule has 0 saturated carbocycles. The summed E-state index contributed by atoms with van der Waals surface area (Å²) in [5.41, 5.74) is 2.42. The second-order valence-corrected chi connectivity index (χ2v) is 5.30. The van der Waals surface area contributed by atoms with Crippen molar-refractivity contribution < 1.29 is 14.6 Å². The first-order valence-electron chi connectivity index (χ1n) is 6.30. The number of hydrogen-bond acceptors (Lipinski definition) is 3. The first-order valence-corrected chi connectivity index (χ1v) is 6.30. The molecule has 0 spiro atoms. The van der Waals surface area contributed by atoms with Crippen molar-refractivity contribution in [2.24, 2.45) is 0 Å². The van der Waals surface area contributed by atoms with Gasteiger partial charge in [-0.25, -0.2) is 4.79 Å². The number of methoxy groups -OCH3 is 1. The molecule has 0 amide bonds. The molecule has 1 aromatic heterocycles. The van der Waals surface area contributed by atoms with Crippen LogP contribution in [-0.4, -0.2) is 28.4 Å². The number of rotatable bonds is 4. The van der Waals surface area contributed by atoms with Crippen LogP contribution in [0.4, 0.5) is 0 Å². The third-order valence-corrected chi connectivity index (χ3v) is 3.50. The van der Waals surface area contributed by atoms with Crippen molar-refractivity contribution in [2.75, 3.05) is 7.11 Å². The Balaban J connectivity index is 2.53. The van der Waals surface area contributed by atoms with E-state index in [9.17, 15) is 4.79 Å². The van der Waals surface area contributed by atoms with Crippen LogP contribution < -0.4 is 4.74 Å². The summed E-state index contributed by atoms with van der Waals surface area (Å²) in [5.74, 6) is -0.272. The van der Waals surface area contributed by atoms with Crippen LogP contribution in [0.2, 0.25) is 0 Å². The molecule has 0 aliphatic heterocycles. The van der Waals surface area contributed by atoms with Crippen molar-refractivity contribution in [3.05, 3.63) is 46.8 Å². The number of H-pyrrole nitrogens is 1. The fraction of sp³-hybridized carbons (Fsp3) is 0.333. The maximum atomic E-state index is 10.9. The maximum absolute atomic E-state index is 10.9. The molecule has 0 unspecified atom stereocenters. The summed E-state index contributed by atoms with van der Waals surface area (Å²) in [6, 6.07) is 7.50. The van der Waals surface area contributed by atoms with Gasteiger partial charge in [-0.2, -0.15) is 5.10 Å². The van der Waals surface area contributed by atoms with Crippen LogP contribution in [0.3, 0.4) is 0 Å². The summed E-state index contributed by atoms with van der Waals surface area (Å²) in [6.45, 7) is 6.02. The molecule has 0 fully saturated rings. The molecule has 1 aromatic carbocycles. The van der Waals surface area contributed by atoms with Crippen molar-refractivity contribution in [2.45, 2.75) is 26.2 Å². The van der Waals surface area contributed by atoms with Crippen LogP contribution >= 0.6 is 0 Å². The van der Waals surface area contributed by atoms with Gasteiger partial charge in [0, 0.05) is 16.7 Å². The molecule has 5 nitrogen and oxygen atoms in total. The lowest BCUT2D eigenvalue weighted by atomic mass is 9.80. The van der Waals surface area contributed by atoms with Crippen LogP contribution in [0.5, 0.6) is 5.75 Å². The summed E-state index contributed by atoms with van der Waals surface area (Å²) in [5, 5.41) is 15.6. The van der Waals surface area contributed by atoms with Gasteiger partial charge in [-0.1, -0.05) is 31.5 Å². The molecule has 0 radical (unpaired) electrons. The molecule has 0 bridgehead atoms. The number of benzene rings is 1. The fourth-order valence-corrected chi connectivity index (χ4v) is 2.21. The van der Waals surface area contributed by atoms with Crippen LogP contribution in [0, 0.1) is 6.92 Å². The van der Waals surface area contributed by atoms with Gasteiger partial charge in [0.15, 0.2) is 5.69 Å². The highest BCUT2D eigenvalue weighted by Gasteiger charge is 2.29. The van der Waals surface area contributed by atoms with Gasteiger partial charge >= 0.3 is 5.97 Å². The summed E-state index contributed by atoms with van der Waals surface area (Å²) in [4.78, 5) is 10.9. The van der Waals surface area contributed by atoms with Gasteiger partial charge < -0.3 is 9.84 Å². The standard InChI is InChI=1S/C15H18N2O3/c1-9-5-6-12(20-4)10(7-9)15(2,3)13-8-11(14(18)19)16-17-13/h5-8H,1-4H3,(H,16,17)(H,18,19). The number of aryl methyl sites for hydroxylation is 1. The summed E-state index contributed by atoms with van der Waals surface area (Å²) in [7, 11) is 1.62. The predicted molar refractivity (Wildman–Crippen MR) is 75.4 cm³/mol. The van der Waals surface area contributed by atoms with E-state index in [0.717, 1.165) is 22.6 Å². The molecule has 0 saturated heterocycles. The lowest BCUT2D eigenvalue weighted by molar-refractivity contribution is 0.0690. The predicted octanol–water partition coefficient (Wildman–Crippen LogP) is 2.75. The Hall–Kier alpha value is -2.30. The largest absolute Gasteiger partial charge is 0.496 e. The Morgan fingerprint density at radius 3 is 2.60 bits per heavy atom. The van der Waals surface area contributed by atoms with Gasteiger partial charge in [0.25, 0.3) is 0 Å². The quantitative estimate of drug-likeness (QED) is 0.899. The zero-order valence-electron chi connectivity index (χ0n) is 12.0. The van der Waals surface area contributed by atoms with Crippen LogP contribution in [0.25, 0.3) is 0 Å². The lowest BCUT2D eigenvalue weighted by Crippen LogP contribution is -2.20. The van der Waals surface area contributed by atoms with E-state index >= 15 is 0 Å². The number of aromatic carboxylic acids is 1. The van der Waals surface area contributed by atoms with E-state index < -0.39 is 11.4 Å². The Morgan fingerprint density at radius 2 is 2.05 bits per heavy atom. The topological polar surface area (TPSA) is 75.2 Å². The van der Waals surface area contributed by atoms with Gasteiger partial charge in [0.2, 0.25) is 0 Å². The summed E-state index contributed by atoms with van der Waals surface area (Å²) < 4.78 is 5.41. The van der Waals surface area contributed by atoms with Gasteiger partial charge in [0.1, 0.15) is 5.75 Å². The fourth-order valence-electron chi connectivity index (χ4n) is 2.21. The highest BCUT2D eigenvalue weighted by Crippen LogP contribution is 2.37. The molecule has 0 aliphatic rings. The number of ether oxygens (including phenoxy) is 1. The van der Waals surface area contributed by atoms with Crippen molar-refractivity contribution in [3.8, 4) is 5.75 Å². The Bertz CT molecular complexity index is 644. The third-order valence-electron chi connectivity index (χ3n) is 3.50. The molecule has 2 aromatic rings. The van der Waals surface area contributed by atoms with Gasteiger partial charge in [-0.3, -0.25) is 5.10 Å². The number of carboxylic acid groups (broad SMARTS) is 1. The zero-order valence-corrected chi connectivity index (χ0v) is 12.0. The summed E-state index contributed by atoms with van der Waals surface area (Å²) >= 11 is 0. The third kappa shape index (κ3) is 2.39. The number of nitrogens with one attached hydrogen (secondary N) is 1. The smallest absolute Gasteiger partial charge is 0.356 e. The van der Waals surface area contributed by atoms with Crippen molar-refractivity contribution in [1.29, 1.82) is 0 Å². The van der Waals surface area contributed by atoms with Gasteiger partial charge in [0.05, 0.1) is 7.11 Å². The number of aromatic amines is 1. The molecule has 2 N–H and O–H groups in total. The van der Waals surface area contributed by atoms with Crippen LogP contribution in [0.15, 0.2) is 24.3 Å². The minimum absolute atomic E-state index is 0.0136. The molecule has 0 aliphatic carbocycles. The molecular weight excluding hydrogens is 256 g/mol. The van der Waals surface area contributed by atoms with E-state index in [4.69, 9.17) is 9.84 Å². The maximum Gasteiger partial charge on any atom is 0.356 e. The van der Waals surface area contributed by atoms with E-state index in [0.29, 0.717) is 0 Å². The molecule has 1 heterocycles.